The number of carbonyl (C=O) groups is 3. The molecular weight excluding hydrogens is 414 g/mol. The molecule has 0 aliphatic carbocycles. The highest BCUT2D eigenvalue weighted by atomic mass is 16.6. The second kappa shape index (κ2) is 9.51. The van der Waals surface area contributed by atoms with Crippen LogP contribution in [0.3, 0.4) is 0 Å². The number of carboxylic acids is 1. The Labute approximate surface area is 185 Å². The van der Waals surface area contributed by atoms with Crippen molar-refractivity contribution in [3.05, 3.63) is 65.0 Å². The Bertz CT molecular complexity index is 1040. The van der Waals surface area contributed by atoms with Crippen molar-refractivity contribution in [3.63, 3.8) is 0 Å². The van der Waals surface area contributed by atoms with Crippen LogP contribution >= 0.6 is 0 Å². The number of hydrogen-bond acceptors (Lipinski definition) is 6. The zero-order chi connectivity index (χ0) is 23.3. The van der Waals surface area contributed by atoms with Gasteiger partial charge in [-0.05, 0) is 44.0 Å². The molecule has 0 radical (unpaired) electrons. The van der Waals surface area contributed by atoms with Gasteiger partial charge in [-0.25, -0.2) is 14.6 Å². The number of amides is 2. The minimum atomic E-state index is -1.21. The maximum absolute atomic E-state index is 12.6. The quantitative estimate of drug-likeness (QED) is 0.541. The van der Waals surface area contributed by atoms with Crippen LogP contribution in [0.15, 0.2) is 48.4 Å². The normalized spacial score (nSPS) is 14.2. The molecule has 2 amide bonds. The molecule has 0 atom stereocenters. The fourth-order valence-electron chi connectivity index (χ4n) is 3.00. The number of benzene rings is 1. The second-order valence-corrected chi connectivity index (χ2v) is 8.25. The molecule has 9 nitrogen and oxygen atoms in total. The standard InChI is InChI=1S/C23H25N3O6/c1-23(2,3)32-18(21(28)29)10-16-9-17-12-26(13-19(27)25-20(17)24-11-16)22(30)31-14-15-7-5-4-6-8-15/h4-11H,12-14H2,1-3H3,(H,28,29)(H,24,25,27)/b18-10+. The van der Waals surface area contributed by atoms with Crippen LogP contribution in [-0.4, -0.2) is 45.1 Å². The summed E-state index contributed by atoms with van der Waals surface area (Å²) in [7, 11) is 0. The summed E-state index contributed by atoms with van der Waals surface area (Å²) in [6.45, 7) is 5.19. The van der Waals surface area contributed by atoms with Crippen molar-refractivity contribution >= 4 is 29.9 Å². The van der Waals surface area contributed by atoms with Crippen LogP contribution < -0.4 is 5.32 Å². The van der Waals surface area contributed by atoms with E-state index in [1.165, 1.54) is 17.2 Å². The molecule has 0 unspecified atom stereocenters. The van der Waals surface area contributed by atoms with Crippen molar-refractivity contribution in [1.29, 1.82) is 0 Å². The zero-order valence-corrected chi connectivity index (χ0v) is 18.1. The molecule has 1 aromatic heterocycles. The minimum Gasteiger partial charge on any atom is -0.481 e. The van der Waals surface area contributed by atoms with Crippen LogP contribution in [0.25, 0.3) is 6.08 Å². The van der Waals surface area contributed by atoms with Gasteiger partial charge in [-0.2, -0.15) is 0 Å². The summed E-state index contributed by atoms with van der Waals surface area (Å²) in [5.41, 5.74) is 1.13. The fourth-order valence-corrected chi connectivity index (χ4v) is 3.00. The van der Waals surface area contributed by atoms with Crippen molar-refractivity contribution < 1.29 is 29.0 Å². The Morgan fingerprint density at radius 2 is 1.94 bits per heavy atom. The van der Waals surface area contributed by atoms with Gasteiger partial charge in [0.15, 0.2) is 0 Å². The number of nitrogens with one attached hydrogen (secondary N) is 1. The predicted octanol–water partition coefficient (Wildman–Crippen LogP) is 3.41. The van der Waals surface area contributed by atoms with Crippen LogP contribution in [0.4, 0.5) is 10.6 Å². The molecule has 0 spiro atoms. The number of ether oxygens (including phenoxy) is 2. The Hall–Kier alpha value is -3.88. The molecule has 0 saturated carbocycles. The third kappa shape index (κ3) is 6.31. The Kier molecular flexibility index (Phi) is 6.77. The Morgan fingerprint density at radius 1 is 1.22 bits per heavy atom. The second-order valence-electron chi connectivity index (χ2n) is 8.25. The van der Waals surface area contributed by atoms with Gasteiger partial charge in [0.25, 0.3) is 0 Å². The lowest BCUT2D eigenvalue weighted by molar-refractivity contribution is -0.139. The predicted molar refractivity (Wildman–Crippen MR) is 116 cm³/mol. The molecule has 0 saturated heterocycles. The highest BCUT2D eigenvalue weighted by Gasteiger charge is 2.26. The number of nitrogens with zero attached hydrogens (tertiary/aromatic N) is 2. The van der Waals surface area contributed by atoms with E-state index in [0.29, 0.717) is 16.9 Å². The van der Waals surface area contributed by atoms with E-state index in [1.54, 1.807) is 26.8 Å². The molecule has 1 aliphatic heterocycles. The fraction of sp³-hybridized carbons (Fsp3) is 0.304. The van der Waals surface area contributed by atoms with Crippen LogP contribution in [0.1, 0.15) is 37.5 Å². The minimum absolute atomic E-state index is 0.0684. The van der Waals surface area contributed by atoms with Gasteiger partial charge < -0.3 is 19.9 Å². The van der Waals surface area contributed by atoms with E-state index in [1.807, 2.05) is 30.3 Å². The lowest BCUT2D eigenvalue weighted by atomic mass is 10.1. The van der Waals surface area contributed by atoms with Crippen LogP contribution in [0.5, 0.6) is 0 Å². The summed E-state index contributed by atoms with van der Waals surface area (Å²) in [6, 6.07) is 10.9. The van der Waals surface area contributed by atoms with Gasteiger partial charge >= 0.3 is 12.1 Å². The van der Waals surface area contributed by atoms with Crippen molar-refractivity contribution in [2.24, 2.45) is 0 Å². The molecule has 168 valence electrons. The van der Waals surface area contributed by atoms with Crippen molar-refractivity contribution in [1.82, 2.24) is 9.88 Å². The Morgan fingerprint density at radius 3 is 2.59 bits per heavy atom. The number of pyridine rings is 1. The SMILES string of the molecule is CC(C)(C)O/C(=C/c1cnc2c(c1)CN(C(=O)OCc1ccccc1)CC(=O)N2)C(=O)O. The summed E-state index contributed by atoms with van der Waals surface area (Å²) in [6.07, 6.45) is 2.14. The molecule has 1 aliphatic rings. The number of aliphatic carboxylic acids is 1. The average Bonchev–Trinajstić information content (AvgIpc) is 2.89. The highest BCUT2D eigenvalue weighted by Crippen LogP contribution is 2.23. The van der Waals surface area contributed by atoms with Gasteiger partial charge in [0.1, 0.15) is 24.6 Å². The van der Waals surface area contributed by atoms with Gasteiger partial charge in [0, 0.05) is 11.8 Å². The summed E-state index contributed by atoms with van der Waals surface area (Å²) >= 11 is 0. The van der Waals surface area contributed by atoms with Gasteiger partial charge in [-0.15, -0.1) is 0 Å². The van der Waals surface area contributed by atoms with E-state index < -0.39 is 23.6 Å². The van der Waals surface area contributed by atoms with Gasteiger partial charge in [-0.3, -0.25) is 9.69 Å². The number of aromatic nitrogens is 1. The molecule has 32 heavy (non-hydrogen) atoms. The third-order valence-corrected chi connectivity index (χ3v) is 4.33. The molecule has 2 aromatic rings. The number of carboxylic acid groups (broad SMARTS) is 1. The molecule has 1 aromatic carbocycles. The molecule has 3 rings (SSSR count). The van der Waals surface area contributed by atoms with Gasteiger partial charge in [0.2, 0.25) is 11.7 Å². The maximum atomic E-state index is 12.6. The maximum Gasteiger partial charge on any atom is 0.410 e. The number of anilines is 1. The smallest absolute Gasteiger partial charge is 0.410 e. The molecule has 0 bridgehead atoms. The third-order valence-electron chi connectivity index (χ3n) is 4.33. The number of fused-ring (bicyclic) bond motifs is 1. The van der Waals surface area contributed by atoms with Crippen LogP contribution in [0, 0.1) is 0 Å². The van der Waals surface area contributed by atoms with Gasteiger partial charge in [-0.1, -0.05) is 30.3 Å². The molecule has 2 heterocycles. The highest BCUT2D eigenvalue weighted by molar-refractivity contribution is 5.95. The number of hydrogen-bond donors (Lipinski definition) is 2. The average molecular weight is 439 g/mol. The number of carbonyl (C=O) groups excluding carboxylic acids is 2. The van der Waals surface area contributed by atoms with Crippen molar-refractivity contribution in [2.45, 2.75) is 39.5 Å². The van der Waals surface area contributed by atoms with E-state index in [9.17, 15) is 19.5 Å². The zero-order valence-electron chi connectivity index (χ0n) is 18.1. The topological polar surface area (TPSA) is 118 Å². The van der Waals surface area contributed by atoms with Gasteiger partial charge in [0.05, 0.1) is 6.54 Å². The van der Waals surface area contributed by atoms with E-state index in [-0.39, 0.29) is 25.5 Å². The largest absolute Gasteiger partial charge is 0.481 e. The van der Waals surface area contributed by atoms with E-state index in [2.05, 4.69) is 10.3 Å². The molecule has 0 fully saturated rings. The lowest BCUT2D eigenvalue weighted by Crippen LogP contribution is -2.35. The first-order valence-electron chi connectivity index (χ1n) is 9.99. The van der Waals surface area contributed by atoms with E-state index in [4.69, 9.17) is 9.47 Å². The Balaban J connectivity index is 1.80. The van der Waals surface area contributed by atoms with E-state index in [0.717, 1.165) is 5.56 Å². The summed E-state index contributed by atoms with van der Waals surface area (Å²) in [5.74, 6) is -1.55. The number of rotatable bonds is 5. The molecule has 2 N–H and O–H groups in total. The molecular formula is C23H25N3O6. The monoisotopic (exact) mass is 439 g/mol. The summed E-state index contributed by atoms with van der Waals surface area (Å²) < 4.78 is 10.8. The lowest BCUT2D eigenvalue weighted by Gasteiger charge is -2.21. The first-order chi connectivity index (χ1) is 15.1. The van der Waals surface area contributed by atoms with Crippen molar-refractivity contribution in [3.8, 4) is 0 Å². The first kappa shape index (κ1) is 22.8. The van der Waals surface area contributed by atoms with Crippen molar-refractivity contribution in [2.75, 3.05) is 11.9 Å². The first-order valence-corrected chi connectivity index (χ1v) is 9.99. The van der Waals surface area contributed by atoms with Crippen LogP contribution in [0.2, 0.25) is 0 Å². The summed E-state index contributed by atoms with van der Waals surface area (Å²) in [5, 5.41) is 12.1. The van der Waals surface area contributed by atoms with Crippen LogP contribution in [-0.2, 0) is 32.2 Å². The molecule has 9 heteroatoms. The van der Waals surface area contributed by atoms with E-state index >= 15 is 0 Å². The summed E-state index contributed by atoms with van der Waals surface area (Å²) in [4.78, 5) is 41.9.